The van der Waals surface area contributed by atoms with Crippen molar-refractivity contribution < 1.29 is 14.3 Å². The van der Waals surface area contributed by atoms with Crippen LogP contribution in [0.25, 0.3) is 0 Å². The first-order valence-electron chi connectivity index (χ1n) is 9.37. The highest BCUT2D eigenvalue weighted by Crippen LogP contribution is 2.43. The van der Waals surface area contributed by atoms with E-state index in [1.807, 2.05) is 24.3 Å². The second kappa shape index (κ2) is 8.17. The first-order valence-corrected chi connectivity index (χ1v) is 9.37. The molecule has 2 aliphatic heterocycles. The molecule has 2 heterocycles. The summed E-state index contributed by atoms with van der Waals surface area (Å²) in [5.74, 6) is -0.653. The maximum atomic E-state index is 12.7. The number of anilines is 1. The van der Waals surface area contributed by atoms with E-state index in [1.54, 1.807) is 13.8 Å². The van der Waals surface area contributed by atoms with Crippen LogP contribution in [-0.2, 0) is 14.3 Å². The Labute approximate surface area is 159 Å². The summed E-state index contributed by atoms with van der Waals surface area (Å²) in [6.07, 6.45) is 3.48. The van der Waals surface area contributed by atoms with Crippen LogP contribution < -0.4 is 10.6 Å². The smallest absolute Gasteiger partial charge is 0.338 e. The second-order valence-corrected chi connectivity index (χ2v) is 6.72. The number of nitrogens with zero attached hydrogens (tertiary/aromatic N) is 2. The lowest BCUT2D eigenvalue weighted by Gasteiger charge is -2.34. The minimum absolute atomic E-state index is 0.0431. The van der Waals surface area contributed by atoms with Gasteiger partial charge in [0.25, 0.3) is 0 Å². The summed E-state index contributed by atoms with van der Waals surface area (Å²) < 4.78 is 10.8. The molecule has 0 spiro atoms. The van der Waals surface area contributed by atoms with Gasteiger partial charge < -0.3 is 20.1 Å². The summed E-state index contributed by atoms with van der Waals surface area (Å²) in [4.78, 5) is 15.0. The molecule has 1 fully saturated rings. The zero-order chi connectivity index (χ0) is 19.4. The molecule has 1 saturated heterocycles. The van der Waals surface area contributed by atoms with Crippen molar-refractivity contribution in [2.45, 2.75) is 39.0 Å². The standard InChI is InChI=1S/C21H25N3O3/c1-3-26-21(25)18-14(2)27-20(23)16(13-22)19(18)15-9-5-6-10-17(15)24-11-7-4-8-12-24/h5-6,9-10,19H,3-4,7-8,11-12,23H2,1-2H3. The van der Waals surface area contributed by atoms with E-state index in [4.69, 9.17) is 15.2 Å². The van der Waals surface area contributed by atoms with E-state index in [0.29, 0.717) is 11.3 Å². The maximum Gasteiger partial charge on any atom is 0.338 e. The number of carbonyl (C=O) groups excluding carboxylic acids is 1. The van der Waals surface area contributed by atoms with Crippen molar-refractivity contribution in [1.82, 2.24) is 0 Å². The van der Waals surface area contributed by atoms with Gasteiger partial charge in [0.2, 0.25) is 5.88 Å². The van der Waals surface area contributed by atoms with Gasteiger partial charge in [-0.15, -0.1) is 0 Å². The lowest BCUT2D eigenvalue weighted by molar-refractivity contribution is -0.139. The average molecular weight is 367 g/mol. The Balaban J connectivity index is 2.14. The highest BCUT2D eigenvalue weighted by Gasteiger charge is 2.38. The third kappa shape index (κ3) is 3.63. The van der Waals surface area contributed by atoms with Crippen molar-refractivity contribution in [3.05, 3.63) is 52.6 Å². The Hall–Kier alpha value is -2.94. The number of carbonyl (C=O) groups is 1. The van der Waals surface area contributed by atoms with Gasteiger partial charge in [0.05, 0.1) is 18.1 Å². The average Bonchev–Trinajstić information content (AvgIpc) is 2.68. The molecule has 2 N–H and O–H groups in total. The number of esters is 1. The monoisotopic (exact) mass is 367 g/mol. The maximum absolute atomic E-state index is 12.7. The van der Waals surface area contributed by atoms with Gasteiger partial charge in [-0.1, -0.05) is 18.2 Å². The van der Waals surface area contributed by atoms with E-state index >= 15 is 0 Å². The molecule has 3 rings (SSSR count). The lowest BCUT2D eigenvalue weighted by Crippen LogP contribution is -2.32. The molecule has 0 aromatic heterocycles. The van der Waals surface area contributed by atoms with Gasteiger partial charge in [-0.05, 0) is 44.7 Å². The third-order valence-corrected chi connectivity index (χ3v) is 5.05. The number of para-hydroxylation sites is 1. The van der Waals surface area contributed by atoms with Crippen LogP contribution in [0.3, 0.4) is 0 Å². The predicted molar refractivity (Wildman–Crippen MR) is 102 cm³/mol. The van der Waals surface area contributed by atoms with Crippen molar-refractivity contribution >= 4 is 11.7 Å². The number of allylic oxidation sites excluding steroid dienone is 2. The van der Waals surface area contributed by atoms with Crippen LogP contribution in [-0.4, -0.2) is 25.7 Å². The Bertz CT molecular complexity index is 829. The molecule has 27 heavy (non-hydrogen) atoms. The van der Waals surface area contributed by atoms with E-state index in [2.05, 4.69) is 11.0 Å². The van der Waals surface area contributed by atoms with Crippen LogP contribution >= 0.6 is 0 Å². The van der Waals surface area contributed by atoms with Crippen LogP contribution in [0.1, 0.15) is 44.6 Å². The van der Waals surface area contributed by atoms with Crippen LogP contribution in [0, 0.1) is 11.3 Å². The number of piperidine rings is 1. The summed E-state index contributed by atoms with van der Waals surface area (Å²) in [6.45, 7) is 5.60. The van der Waals surface area contributed by atoms with E-state index < -0.39 is 11.9 Å². The first-order chi connectivity index (χ1) is 13.1. The zero-order valence-corrected chi connectivity index (χ0v) is 15.8. The molecule has 1 aromatic rings. The van der Waals surface area contributed by atoms with Crippen LogP contribution in [0.2, 0.25) is 0 Å². The number of hydrogen-bond acceptors (Lipinski definition) is 6. The van der Waals surface area contributed by atoms with E-state index in [9.17, 15) is 10.1 Å². The number of hydrogen-bond donors (Lipinski definition) is 1. The first kappa shape index (κ1) is 18.8. The molecule has 0 saturated carbocycles. The van der Waals surface area contributed by atoms with Crippen LogP contribution in [0.5, 0.6) is 0 Å². The Kier molecular flexibility index (Phi) is 5.70. The minimum Gasteiger partial charge on any atom is -0.463 e. The largest absolute Gasteiger partial charge is 0.463 e. The fraction of sp³-hybridized carbons (Fsp3) is 0.429. The number of nitriles is 1. The molecular formula is C21H25N3O3. The van der Waals surface area contributed by atoms with Gasteiger partial charge in [0.15, 0.2) is 0 Å². The molecule has 1 aromatic carbocycles. The van der Waals surface area contributed by atoms with Gasteiger partial charge in [0.1, 0.15) is 17.4 Å². The Morgan fingerprint density at radius 3 is 2.70 bits per heavy atom. The predicted octanol–water partition coefficient (Wildman–Crippen LogP) is 3.32. The van der Waals surface area contributed by atoms with Gasteiger partial charge in [-0.3, -0.25) is 0 Å². The summed E-state index contributed by atoms with van der Waals surface area (Å²) in [5.41, 5.74) is 8.50. The summed E-state index contributed by atoms with van der Waals surface area (Å²) in [5, 5.41) is 9.75. The fourth-order valence-electron chi connectivity index (χ4n) is 3.82. The van der Waals surface area contributed by atoms with E-state index in [-0.39, 0.29) is 18.1 Å². The van der Waals surface area contributed by atoms with Crippen LogP contribution in [0.15, 0.2) is 47.1 Å². The summed E-state index contributed by atoms with van der Waals surface area (Å²) in [7, 11) is 0. The van der Waals surface area contributed by atoms with Gasteiger partial charge in [-0.25, -0.2) is 4.79 Å². The highest BCUT2D eigenvalue weighted by molar-refractivity contribution is 5.93. The number of nitrogens with two attached hydrogens (primary N) is 1. The molecular weight excluding hydrogens is 342 g/mol. The van der Waals surface area contributed by atoms with Crippen molar-refractivity contribution in [1.29, 1.82) is 5.26 Å². The topological polar surface area (TPSA) is 88.6 Å². The van der Waals surface area contributed by atoms with E-state index in [1.165, 1.54) is 6.42 Å². The molecule has 6 heteroatoms. The number of benzene rings is 1. The third-order valence-electron chi connectivity index (χ3n) is 5.05. The Morgan fingerprint density at radius 1 is 1.33 bits per heavy atom. The van der Waals surface area contributed by atoms with E-state index in [0.717, 1.165) is 37.2 Å². The van der Waals surface area contributed by atoms with Crippen LogP contribution in [0.4, 0.5) is 5.69 Å². The lowest BCUT2D eigenvalue weighted by atomic mass is 9.82. The van der Waals surface area contributed by atoms with Crippen molar-refractivity contribution in [2.75, 3.05) is 24.6 Å². The molecule has 2 aliphatic rings. The number of rotatable bonds is 4. The van der Waals surface area contributed by atoms with Gasteiger partial charge in [-0.2, -0.15) is 5.26 Å². The Morgan fingerprint density at radius 2 is 2.04 bits per heavy atom. The highest BCUT2D eigenvalue weighted by atomic mass is 16.5. The molecule has 6 nitrogen and oxygen atoms in total. The summed E-state index contributed by atoms with van der Waals surface area (Å²) in [6, 6.07) is 10.0. The molecule has 0 bridgehead atoms. The SMILES string of the molecule is CCOC(=O)C1=C(C)OC(N)=C(C#N)C1c1ccccc1N1CCCCC1. The van der Waals surface area contributed by atoms with Crippen molar-refractivity contribution in [3.63, 3.8) is 0 Å². The van der Waals surface area contributed by atoms with Crippen molar-refractivity contribution in [3.8, 4) is 6.07 Å². The molecule has 1 unspecified atom stereocenters. The van der Waals surface area contributed by atoms with Gasteiger partial charge >= 0.3 is 5.97 Å². The molecule has 0 amide bonds. The zero-order valence-electron chi connectivity index (χ0n) is 15.8. The number of ether oxygens (including phenoxy) is 2. The second-order valence-electron chi connectivity index (χ2n) is 6.72. The minimum atomic E-state index is -0.596. The summed E-state index contributed by atoms with van der Waals surface area (Å²) >= 11 is 0. The fourth-order valence-corrected chi connectivity index (χ4v) is 3.82. The molecule has 0 aliphatic carbocycles. The normalized spacial score (nSPS) is 20.2. The van der Waals surface area contributed by atoms with Crippen molar-refractivity contribution in [2.24, 2.45) is 5.73 Å². The van der Waals surface area contributed by atoms with Gasteiger partial charge in [0, 0.05) is 18.8 Å². The molecule has 0 radical (unpaired) electrons. The molecule has 142 valence electrons. The molecule has 1 atom stereocenters. The quantitative estimate of drug-likeness (QED) is 0.821.